The Hall–Kier alpha value is -0.520. The van der Waals surface area contributed by atoms with Gasteiger partial charge in [0.25, 0.3) is 0 Å². The molecule has 1 aromatic carbocycles. The summed E-state index contributed by atoms with van der Waals surface area (Å²) in [6.07, 6.45) is 3.88. The molecule has 0 heterocycles. The maximum Gasteiger partial charge on any atom is 0.326 e. The maximum atomic E-state index is 12.2. The average Bonchev–Trinajstić information content (AvgIpc) is 2.47. The van der Waals surface area contributed by atoms with Crippen molar-refractivity contribution in [1.82, 2.24) is 5.32 Å². The third-order valence-electron chi connectivity index (χ3n) is 3.90. The van der Waals surface area contributed by atoms with Crippen molar-refractivity contribution < 1.29 is 9.53 Å². The molecule has 3 nitrogen and oxygen atoms in total. The molecule has 0 bridgehead atoms. The van der Waals surface area contributed by atoms with Crippen LogP contribution in [0, 0.1) is 0 Å². The third kappa shape index (κ3) is 4.24. The van der Waals surface area contributed by atoms with Gasteiger partial charge in [0, 0.05) is 14.6 Å². The molecule has 1 aromatic rings. The second-order valence-corrected chi connectivity index (χ2v) is 7.69. The number of likely N-dealkylation sites (N-methyl/N-ethyl adjacent to an activating group) is 1. The minimum atomic E-state index is -0.509. The molecular formula is C16H22BrNO2S. The molecule has 2 unspecified atom stereocenters. The molecule has 0 amide bonds. The van der Waals surface area contributed by atoms with Crippen molar-refractivity contribution in [2.75, 3.05) is 13.7 Å². The molecule has 1 saturated carbocycles. The molecule has 2 atom stereocenters. The molecule has 0 aromatic heterocycles. The van der Waals surface area contributed by atoms with Crippen molar-refractivity contribution in [3.05, 3.63) is 28.7 Å². The second-order valence-electron chi connectivity index (χ2n) is 5.40. The van der Waals surface area contributed by atoms with E-state index in [0.717, 1.165) is 36.7 Å². The van der Waals surface area contributed by atoms with Gasteiger partial charge in [0.05, 0.1) is 7.11 Å². The topological polar surface area (TPSA) is 38.3 Å². The van der Waals surface area contributed by atoms with Crippen LogP contribution < -0.4 is 5.32 Å². The smallest absolute Gasteiger partial charge is 0.326 e. The molecule has 0 spiro atoms. The molecule has 0 aliphatic heterocycles. The Balaban J connectivity index is 2.09. The monoisotopic (exact) mass is 371 g/mol. The number of hydrogen-bond donors (Lipinski definition) is 1. The Kier molecular flexibility index (Phi) is 6.14. The van der Waals surface area contributed by atoms with E-state index >= 15 is 0 Å². The zero-order valence-electron chi connectivity index (χ0n) is 12.5. The Morgan fingerprint density at radius 2 is 2.38 bits per heavy atom. The molecule has 0 saturated heterocycles. The fraction of sp³-hybridized carbons (Fsp3) is 0.562. The van der Waals surface area contributed by atoms with Crippen LogP contribution in [0.2, 0.25) is 0 Å². The summed E-state index contributed by atoms with van der Waals surface area (Å²) in [4.78, 5) is 13.5. The molecule has 1 aliphatic carbocycles. The van der Waals surface area contributed by atoms with Crippen LogP contribution in [-0.4, -0.2) is 30.4 Å². The molecule has 116 valence electrons. The fourth-order valence-corrected chi connectivity index (χ4v) is 4.95. The van der Waals surface area contributed by atoms with Crippen LogP contribution in [0.25, 0.3) is 0 Å². The predicted molar refractivity (Wildman–Crippen MR) is 90.7 cm³/mol. The van der Waals surface area contributed by atoms with Gasteiger partial charge in [-0.3, -0.25) is 4.79 Å². The van der Waals surface area contributed by atoms with Crippen molar-refractivity contribution in [3.8, 4) is 0 Å². The van der Waals surface area contributed by atoms with Crippen LogP contribution in [-0.2, 0) is 9.53 Å². The molecule has 1 N–H and O–H groups in total. The first-order valence-electron chi connectivity index (χ1n) is 7.35. The Labute approximate surface area is 139 Å². The summed E-state index contributed by atoms with van der Waals surface area (Å²) < 4.78 is 6.14. The third-order valence-corrected chi connectivity index (χ3v) is 5.65. The van der Waals surface area contributed by atoms with Gasteiger partial charge in [-0.25, -0.2) is 0 Å². The van der Waals surface area contributed by atoms with Crippen LogP contribution in [0.15, 0.2) is 33.6 Å². The number of methoxy groups -OCH3 is 1. The summed E-state index contributed by atoms with van der Waals surface area (Å²) in [5, 5.41) is 3.81. The van der Waals surface area contributed by atoms with E-state index in [1.54, 1.807) is 0 Å². The number of benzene rings is 1. The van der Waals surface area contributed by atoms with Gasteiger partial charge >= 0.3 is 5.97 Å². The summed E-state index contributed by atoms with van der Waals surface area (Å²) in [7, 11) is 1.48. The van der Waals surface area contributed by atoms with Gasteiger partial charge in [-0.15, -0.1) is 11.8 Å². The quantitative estimate of drug-likeness (QED) is 0.793. The Morgan fingerprint density at radius 1 is 1.57 bits per heavy atom. The first kappa shape index (κ1) is 16.8. The van der Waals surface area contributed by atoms with E-state index < -0.39 is 5.54 Å². The number of rotatable bonds is 5. The van der Waals surface area contributed by atoms with Gasteiger partial charge in [-0.2, -0.15) is 0 Å². The van der Waals surface area contributed by atoms with Crippen molar-refractivity contribution >= 4 is 33.7 Å². The van der Waals surface area contributed by atoms with E-state index in [1.807, 2.05) is 30.8 Å². The fourth-order valence-electron chi connectivity index (χ4n) is 3.01. The van der Waals surface area contributed by atoms with Crippen LogP contribution in [0.4, 0.5) is 0 Å². The highest BCUT2D eigenvalue weighted by atomic mass is 79.9. The van der Waals surface area contributed by atoms with Gasteiger partial charge in [0.2, 0.25) is 0 Å². The zero-order valence-corrected chi connectivity index (χ0v) is 14.9. The number of thioether (sulfide) groups is 1. The molecule has 2 rings (SSSR count). The Bertz CT molecular complexity index is 493. The normalized spacial score (nSPS) is 25.6. The zero-order chi connectivity index (χ0) is 15.3. The van der Waals surface area contributed by atoms with E-state index in [-0.39, 0.29) is 5.97 Å². The van der Waals surface area contributed by atoms with E-state index in [4.69, 9.17) is 4.74 Å². The van der Waals surface area contributed by atoms with Crippen molar-refractivity contribution in [3.63, 3.8) is 0 Å². The molecular weight excluding hydrogens is 350 g/mol. The highest BCUT2D eigenvalue weighted by molar-refractivity contribution is 9.10. The lowest BCUT2D eigenvalue weighted by Crippen LogP contribution is -2.55. The number of carbonyl (C=O) groups excluding carboxylic acids is 1. The standard InChI is InChI=1S/C16H22BrNO2S/c1-3-18-16(15(19)20-2)9-5-8-14(11-16)21-13-7-4-6-12(17)10-13/h4,6-7,10,14,18H,3,5,8-9,11H2,1-2H3. The lowest BCUT2D eigenvalue weighted by Gasteiger charge is -2.39. The number of hydrogen-bond acceptors (Lipinski definition) is 4. The molecule has 5 heteroatoms. The first-order chi connectivity index (χ1) is 10.1. The summed E-state index contributed by atoms with van der Waals surface area (Å²) >= 11 is 5.37. The average molecular weight is 372 g/mol. The predicted octanol–water partition coefficient (Wildman–Crippen LogP) is 4.01. The van der Waals surface area contributed by atoms with Crippen molar-refractivity contribution in [1.29, 1.82) is 0 Å². The number of nitrogens with one attached hydrogen (secondary N) is 1. The van der Waals surface area contributed by atoms with Gasteiger partial charge in [-0.05, 0) is 50.4 Å². The van der Waals surface area contributed by atoms with E-state index in [9.17, 15) is 4.79 Å². The number of esters is 1. The molecule has 1 aliphatic rings. The van der Waals surface area contributed by atoms with Crippen LogP contribution in [0.1, 0.15) is 32.6 Å². The summed E-state index contributed by atoms with van der Waals surface area (Å²) in [6, 6.07) is 8.33. The second kappa shape index (κ2) is 7.65. The largest absolute Gasteiger partial charge is 0.468 e. The lowest BCUT2D eigenvalue weighted by atomic mass is 9.81. The molecule has 1 fully saturated rings. The molecule has 21 heavy (non-hydrogen) atoms. The van der Waals surface area contributed by atoms with Gasteiger partial charge in [-0.1, -0.05) is 28.9 Å². The first-order valence-corrected chi connectivity index (χ1v) is 9.02. The molecule has 0 radical (unpaired) electrons. The minimum absolute atomic E-state index is 0.121. The summed E-state index contributed by atoms with van der Waals surface area (Å²) in [5.41, 5.74) is -0.509. The summed E-state index contributed by atoms with van der Waals surface area (Å²) in [6.45, 7) is 2.82. The van der Waals surface area contributed by atoms with E-state index in [0.29, 0.717) is 5.25 Å². The highest BCUT2D eigenvalue weighted by Crippen LogP contribution is 2.39. The number of halogens is 1. The van der Waals surface area contributed by atoms with Gasteiger partial charge in [0.1, 0.15) is 5.54 Å². The highest BCUT2D eigenvalue weighted by Gasteiger charge is 2.43. The van der Waals surface area contributed by atoms with Crippen molar-refractivity contribution in [2.24, 2.45) is 0 Å². The maximum absolute atomic E-state index is 12.2. The van der Waals surface area contributed by atoms with Crippen LogP contribution in [0.3, 0.4) is 0 Å². The van der Waals surface area contributed by atoms with E-state index in [1.165, 1.54) is 12.0 Å². The van der Waals surface area contributed by atoms with Gasteiger partial charge in [0.15, 0.2) is 0 Å². The minimum Gasteiger partial charge on any atom is -0.468 e. The lowest BCUT2D eigenvalue weighted by molar-refractivity contribution is -0.150. The van der Waals surface area contributed by atoms with Crippen LogP contribution in [0.5, 0.6) is 0 Å². The number of carbonyl (C=O) groups is 1. The number of ether oxygens (including phenoxy) is 1. The van der Waals surface area contributed by atoms with Crippen LogP contribution >= 0.6 is 27.7 Å². The summed E-state index contributed by atoms with van der Waals surface area (Å²) in [5.74, 6) is -0.121. The van der Waals surface area contributed by atoms with Gasteiger partial charge < -0.3 is 10.1 Å². The SMILES string of the molecule is CCNC1(C(=O)OC)CCCC(Sc2cccc(Br)c2)C1. The van der Waals surface area contributed by atoms with E-state index in [2.05, 4.69) is 33.4 Å². The van der Waals surface area contributed by atoms with Crippen molar-refractivity contribution in [2.45, 2.75) is 48.3 Å². The Morgan fingerprint density at radius 3 is 3.05 bits per heavy atom.